The summed E-state index contributed by atoms with van der Waals surface area (Å²) in [6.07, 6.45) is 2.83. The quantitative estimate of drug-likeness (QED) is 0.293. The van der Waals surface area contributed by atoms with E-state index in [-0.39, 0.29) is 17.6 Å². The minimum Gasteiger partial charge on any atom is -0.494 e. The molecular formula is C17H26N4O4SSi. The van der Waals surface area contributed by atoms with E-state index in [9.17, 15) is 8.42 Å². The van der Waals surface area contributed by atoms with Crippen LogP contribution in [0.4, 0.5) is 11.6 Å². The molecule has 0 radical (unpaired) electrons. The monoisotopic (exact) mass is 410 g/mol. The highest BCUT2D eigenvalue weighted by atomic mass is 32.2. The van der Waals surface area contributed by atoms with Gasteiger partial charge in [-0.1, -0.05) is 19.6 Å². The normalized spacial score (nSPS) is 12.0. The van der Waals surface area contributed by atoms with Crippen molar-refractivity contribution in [3.05, 3.63) is 36.7 Å². The van der Waals surface area contributed by atoms with Crippen LogP contribution in [0.15, 0.2) is 41.6 Å². The van der Waals surface area contributed by atoms with Gasteiger partial charge in [0.25, 0.3) is 10.0 Å². The molecule has 27 heavy (non-hydrogen) atoms. The molecule has 0 aliphatic heterocycles. The third-order valence-corrected chi connectivity index (χ3v) is 7.17. The second-order valence-corrected chi connectivity index (χ2v) is 14.7. The van der Waals surface area contributed by atoms with Gasteiger partial charge in [-0.25, -0.2) is 22.7 Å². The Labute approximate surface area is 161 Å². The van der Waals surface area contributed by atoms with Gasteiger partial charge in [-0.2, -0.15) is 0 Å². The Balaban J connectivity index is 2.28. The first-order chi connectivity index (χ1) is 12.6. The van der Waals surface area contributed by atoms with Gasteiger partial charge in [0, 0.05) is 20.4 Å². The molecule has 148 valence electrons. The first-order valence-corrected chi connectivity index (χ1v) is 13.6. The molecule has 1 aromatic carbocycles. The Hall–Kier alpha value is -2.17. The molecule has 2 aromatic rings. The van der Waals surface area contributed by atoms with Crippen LogP contribution in [0.25, 0.3) is 0 Å². The standard InChI is InChI=1S/C17H26N4O4SSi/c1-24-15-11-19-17(20-12-15)21(13-25-9-10-27(2,3)4)26(22,23)16-7-5-14(18)6-8-16/h5-8,11-12H,9-10,13,18H2,1-4H3. The van der Waals surface area contributed by atoms with Crippen molar-refractivity contribution in [1.29, 1.82) is 0 Å². The number of aromatic nitrogens is 2. The number of methoxy groups -OCH3 is 1. The van der Waals surface area contributed by atoms with Crippen molar-refractivity contribution in [3.8, 4) is 5.75 Å². The molecule has 0 spiro atoms. The first kappa shape index (κ1) is 21.1. The lowest BCUT2D eigenvalue weighted by Crippen LogP contribution is -2.35. The number of hydrogen-bond acceptors (Lipinski definition) is 7. The smallest absolute Gasteiger partial charge is 0.268 e. The molecule has 2 rings (SSSR count). The summed E-state index contributed by atoms with van der Waals surface area (Å²) >= 11 is 0. The molecular weight excluding hydrogens is 384 g/mol. The Morgan fingerprint density at radius 2 is 1.70 bits per heavy atom. The largest absolute Gasteiger partial charge is 0.494 e. The van der Waals surface area contributed by atoms with E-state index in [2.05, 4.69) is 29.6 Å². The summed E-state index contributed by atoms with van der Waals surface area (Å²) in [6, 6.07) is 6.89. The van der Waals surface area contributed by atoms with Crippen LogP contribution >= 0.6 is 0 Å². The molecule has 1 aromatic heterocycles. The fourth-order valence-corrected chi connectivity index (χ4v) is 4.08. The minimum atomic E-state index is -3.91. The number of nitrogen functional groups attached to an aromatic ring is 1. The molecule has 0 bridgehead atoms. The van der Waals surface area contributed by atoms with Gasteiger partial charge < -0.3 is 15.2 Å². The van der Waals surface area contributed by atoms with Crippen molar-refractivity contribution in [2.75, 3.05) is 30.5 Å². The number of nitrogens with zero attached hydrogens (tertiary/aromatic N) is 3. The van der Waals surface area contributed by atoms with Gasteiger partial charge in [-0.15, -0.1) is 0 Å². The van der Waals surface area contributed by atoms with Gasteiger partial charge in [0.1, 0.15) is 6.73 Å². The number of hydrogen-bond donors (Lipinski definition) is 1. The van der Waals surface area contributed by atoms with E-state index in [1.807, 2.05) is 0 Å². The minimum absolute atomic E-state index is 0.0145. The highest BCUT2D eigenvalue weighted by Gasteiger charge is 2.27. The maximum absolute atomic E-state index is 13.1. The van der Waals surface area contributed by atoms with Gasteiger partial charge >= 0.3 is 0 Å². The van der Waals surface area contributed by atoms with Gasteiger partial charge in [0.2, 0.25) is 5.95 Å². The highest BCUT2D eigenvalue weighted by molar-refractivity contribution is 7.92. The Morgan fingerprint density at radius 1 is 1.11 bits per heavy atom. The molecule has 1 heterocycles. The van der Waals surface area contributed by atoms with Crippen LogP contribution in [0.2, 0.25) is 25.7 Å². The SMILES string of the molecule is COc1cnc(N(COCC[Si](C)(C)C)S(=O)(=O)c2ccc(N)cc2)nc1. The van der Waals surface area contributed by atoms with Crippen LogP contribution in [0.5, 0.6) is 5.75 Å². The Kier molecular flexibility index (Phi) is 6.79. The molecule has 0 saturated carbocycles. The summed E-state index contributed by atoms with van der Waals surface area (Å²) in [5, 5.41) is 0. The lowest BCUT2D eigenvalue weighted by molar-refractivity contribution is 0.155. The summed E-state index contributed by atoms with van der Waals surface area (Å²) < 4.78 is 37.9. The predicted molar refractivity (Wildman–Crippen MR) is 108 cm³/mol. The van der Waals surface area contributed by atoms with E-state index in [1.165, 1.54) is 43.8 Å². The van der Waals surface area contributed by atoms with E-state index in [0.717, 1.165) is 10.3 Å². The van der Waals surface area contributed by atoms with E-state index in [4.69, 9.17) is 15.2 Å². The highest BCUT2D eigenvalue weighted by Crippen LogP contribution is 2.22. The number of nitrogens with two attached hydrogens (primary N) is 1. The molecule has 2 N–H and O–H groups in total. The molecule has 0 aliphatic rings. The fourth-order valence-electron chi connectivity index (χ4n) is 2.07. The van der Waals surface area contributed by atoms with Gasteiger partial charge in [-0.3, -0.25) is 0 Å². The Morgan fingerprint density at radius 3 is 2.22 bits per heavy atom. The lowest BCUT2D eigenvalue weighted by Gasteiger charge is -2.23. The van der Waals surface area contributed by atoms with Crippen LogP contribution in [0.1, 0.15) is 0 Å². The molecule has 0 saturated heterocycles. The molecule has 0 aliphatic carbocycles. The van der Waals surface area contributed by atoms with Crippen molar-refractivity contribution in [2.45, 2.75) is 30.6 Å². The number of benzene rings is 1. The van der Waals surface area contributed by atoms with E-state index < -0.39 is 18.1 Å². The van der Waals surface area contributed by atoms with Crippen molar-refractivity contribution >= 4 is 29.7 Å². The number of anilines is 2. The zero-order chi connectivity index (χ0) is 20.1. The molecule has 10 heteroatoms. The van der Waals surface area contributed by atoms with Crippen LogP contribution < -0.4 is 14.8 Å². The average Bonchev–Trinajstić information content (AvgIpc) is 2.61. The second-order valence-electron chi connectivity index (χ2n) is 7.19. The third kappa shape index (κ3) is 5.91. The number of sulfonamides is 1. The van der Waals surface area contributed by atoms with Crippen LogP contribution in [0.3, 0.4) is 0 Å². The van der Waals surface area contributed by atoms with Crippen LogP contribution in [-0.2, 0) is 14.8 Å². The summed E-state index contributed by atoms with van der Waals surface area (Å²) in [5.74, 6) is 0.448. The molecule has 0 fully saturated rings. The Bertz CT molecular complexity index is 837. The summed E-state index contributed by atoms with van der Waals surface area (Å²) in [6.45, 7) is 6.98. The van der Waals surface area contributed by atoms with Crippen LogP contribution in [0, 0.1) is 0 Å². The molecule has 0 amide bonds. The van der Waals surface area contributed by atoms with Crippen molar-refractivity contribution in [1.82, 2.24) is 9.97 Å². The zero-order valence-electron chi connectivity index (χ0n) is 16.0. The lowest BCUT2D eigenvalue weighted by atomic mass is 10.3. The second kappa shape index (κ2) is 8.68. The summed E-state index contributed by atoms with van der Waals surface area (Å²) in [4.78, 5) is 8.29. The zero-order valence-corrected chi connectivity index (χ0v) is 17.9. The van der Waals surface area contributed by atoms with E-state index in [1.54, 1.807) is 0 Å². The summed E-state index contributed by atoms with van der Waals surface area (Å²) in [7, 11) is -3.71. The number of rotatable bonds is 9. The van der Waals surface area contributed by atoms with Gasteiger partial charge in [-0.05, 0) is 30.3 Å². The van der Waals surface area contributed by atoms with Gasteiger partial charge in [0.15, 0.2) is 5.75 Å². The first-order valence-electron chi connectivity index (χ1n) is 8.45. The van der Waals surface area contributed by atoms with Crippen molar-refractivity contribution < 1.29 is 17.9 Å². The molecule has 8 nitrogen and oxygen atoms in total. The molecule has 0 atom stereocenters. The van der Waals surface area contributed by atoms with Crippen molar-refractivity contribution in [2.24, 2.45) is 0 Å². The van der Waals surface area contributed by atoms with E-state index in [0.29, 0.717) is 18.0 Å². The number of ether oxygens (including phenoxy) is 2. The third-order valence-electron chi connectivity index (χ3n) is 3.75. The van der Waals surface area contributed by atoms with E-state index >= 15 is 0 Å². The maximum Gasteiger partial charge on any atom is 0.268 e. The van der Waals surface area contributed by atoms with Crippen LogP contribution in [-0.4, -0.2) is 46.9 Å². The van der Waals surface area contributed by atoms with Crippen molar-refractivity contribution in [3.63, 3.8) is 0 Å². The summed E-state index contributed by atoms with van der Waals surface area (Å²) in [5.41, 5.74) is 6.14. The predicted octanol–water partition coefficient (Wildman–Crippen LogP) is 2.58. The topological polar surface area (TPSA) is 108 Å². The molecule has 0 unspecified atom stereocenters. The maximum atomic E-state index is 13.1. The fraction of sp³-hybridized carbons (Fsp3) is 0.412. The average molecular weight is 411 g/mol. The van der Waals surface area contributed by atoms with Gasteiger partial charge in [0.05, 0.1) is 24.4 Å².